The third-order valence-corrected chi connectivity index (χ3v) is 2.39. The van der Waals surface area contributed by atoms with E-state index < -0.39 is 11.7 Å². The Hall–Kier alpha value is -1.91. The quantitative estimate of drug-likeness (QED) is 0.506. The molecular formula is C14H19FN2O2. The molecule has 1 aromatic rings. The number of hydrogen-bond donors (Lipinski definition) is 1. The number of unbranched alkanes of at least 4 members (excludes halogenated alkanes) is 1. The first-order valence-corrected chi connectivity index (χ1v) is 6.42. The number of carbonyl (C=O) groups is 1. The lowest BCUT2D eigenvalue weighted by atomic mass is 10.2. The number of hydrogen-bond acceptors (Lipinski definition) is 3. The van der Waals surface area contributed by atoms with Crippen molar-refractivity contribution in [2.45, 2.75) is 26.7 Å². The lowest BCUT2D eigenvalue weighted by molar-refractivity contribution is 0.0962. The van der Waals surface area contributed by atoms with Gasteiger partial charge in [0, 0.05) is 6.54 Å². The molecule has 5 heteroatoms. The second-order valence-electron chi connectivity index (χ2n) is 3.91. The van der Waals surface area contributed by atoms with Gasteiger partial charge in [0.05, 0.1) is 12.2 Å². The fourth-order valence-electron chi connectivity index (χ4n) is 1.41. The monoisotopic (exact) mass is 266 g/mol. The number of amides is 1. The van der Waals surface area contributed by atoms with Gasteiger partial charge in [0.1, 0.15) is 5.82 Å². The van der Waals surface area contributed by atoms with Gasteiger partial charge in [0.25, 0.3) is 11.9 Å². The summed E-state index contributed by atoms with van der Waals surface area (Å²) in [5.41, 5.74) is -0.0228. The number of ether oxygens (including phenoxy) is 1. The zero-order valence-electron chi connectivity index (χ0n) is 11.3. The second-order valence-corrected chi connectivity index (χ2v) is 3.91. The van der Waals surface area contributed by atoms with Crippen LogP contribution in [-0.4, -0.2) is 25.1 Å². The summed E-state index contributed by atoms with van der Waals surface area (Å²) in [6.45, 7) is 4.81. The van der Waals surface area contributed by atoms with E-state index in [1.165, 1.54) is 18.2 Å². The lowest BCUT2D eigenvalue weighted by Gasteiger charge is -2.09. The van der Waals surface area contributed by atoms with E-state index in [0.717, 1.165) is 12.8 Å². The van der Waals surface area contributed by atoms with Crippen LogP contribution in [0.3, 0.4) is 0 Å². The molecule has 104 valence electrons. The molecule has 0 saturated heterocycles. The molecular weight excluding hydrogens is 247 g/mol. The Balaban J connectivity index is 2.71. The van der Waals surface area contributed by atoms with Crippen molar-refractivity contribution in [2.24, 2.45) is 4.99 Å². The van der Waals surface area contributed by atoms with Gasteiger partial charge in [-0.2, -0.15) is 0 Å². The number of nitrogens with one attached hydrogen (secondary N) is 1. The molecule has 0 aliphatic rings. The first-order chi connectivity index (χ1) is 9.19. The van der Waals surface area contributed by atoms with Crippen LogP contribution in [0.4, 0.5) is 4.39 Å². The van der Waals surface area contributed by atoms with E-state index >= 15 is 0 Å². The largest absolute Gasteiger partial charge is 0.465 e. The minimum atomic E-state index is -0.565. The number of carbonyl (C=O) groups excluding carboxylic acids is 1. The van der Waals surface area contributed by atoms with Crippen LogP contribution < -0.4 is 5.32 Å². The summed E-state index contributed by atoms with van der Waals surface area (Å²) < 4.78 is 18.7. The Labute approximate surface area is 112 Å². The smallest absolute Gasteiger partial charge is 0.291 e. The summed E-state index contributed by atoms with van der Waals surface area (Å²) in [7, 11) is 0. The van der Waals surface area contributed by atoms with E-state index in [2.05, 4.69) is 10.3 Å². The van der Waals surface area contributed by atoms with Crippen molar-refractivity contribution in [2.75, 3.05) is 13.2 Å². The third-order valence-electron chi connectivity index (χ3n) is 2.39. The van der Waals surface area contributed by atoms with Crippen LogP contribution in [0, 0.1) is 5.82 Å². The maximum atomic E-state index is 13.4. The number of rotatable bonds is 5. The Morgan fingerprint density at radius 1 is 1.37 bits per heavy atom. The Morgan fingerprint density at radius 2 is 2.11 bits per heavy atom. The topological polar surface area (TPSA) is 50.7 Å². The van der Waals surface area contributed by atoms with Gasteiger partial charge in [0.2, 0.25) is 0 Å². The number of halogens is 1. The zero-order chi connectivity index (χ0) is 14.1. The van der Waals surface area contributed by atoms with Crippen LogP contribution in [0.25, 0.3) is 0 Å². The van der Waals surface area contributed by atoms with Crippen molar-refractivity contribution < 1.29 is 13.9 Å². The molecule has 1 rings (SSSR count). The number of nitrogens with zero attached hydrogens (tertiary/aromatic N) is 1. The van der Waals surface area contributed by atoms with Crippen molar-refractivity contribution >= 4 is 11.9 Å². The van der Waals surface area contributed by atoms with Crippen LogP contribution >= 0.6 is 0 Å². The first kappa shape index (κ1) is 15.1. The Kier molecular flexibility index (Phi) is 6.57. The van der Waals surface area contributed by atoms with E-state index in [-0.39, 0.29) is 11.6 Å². The Morgan fingerprint density at radius 3 is 2.74 bits per heavy atom. The summed E-state index contributed by atoms with van der Waals surface area (Å²) in [6.07, 6.45) is 1.91. The summed E-state index contributed by atoms with van der Waals surface area (Å²) in [5, 5.41) is 2.48. The molecule has 0 radical (unpaired) electrons. The first-order valence-electron chi connectivity index (χ1n) is 6.42. The van der Waals surface area contributed by atoms with Crippen molar-refractivity contribution in [3.63, 3.8) is 0 Å². The highest BCUT2D eigenvalue weighted by Crippen LogP contribution is 2.05. The average Bonchev–Trinajstić information content (AvgIpc) is 2.39. The third kappa shape index (κ3) is 5.07. The fourth-order valence-corrected chi connectivity index (χ4v) is 1.41. The van der Waals surface area contributed by atoms with Gasteiger partial charge in [-0.1, -0.05) is 25.5 Å². The van der Waals surface area contributed by atoms with Gasteiger partial charge in [-0.3, -0.25) is 10.1 Å². The standard InChI is InChI=1S/C14H19FN2O2/c1-3-5-10-16-14(19-4-2)17-13(18)11-8-6-7-9-12(11)15/h6-9H,3-5,10H2,1-2H3,(H,16,17,18). The number of amidine groups is 1. The molecule has 0 aromatic heterocycles. The molecule has 0 unspecified atom stereocenters. The number of aliphatic imine (C=N–C) groups is 1. The molecule has 0 spiro atoms. The van der Waals surface area contributed by atoms with Gasteiger partial charge < -0.3 is 4.74 Å². The molecule has 1 amide bonds. The van der Waals surface area contributed by atoms with Crippen LogP contribution in [0.1, 0.15) is 37.0 Å². The molecule has 0 bridgehead atoms. The molecule has 19 heavy (non-hydrogen) atoms. The molecule has 1 aromatic carbocycles. The molecule has 0 heterocycles. The van der Waals surface area contributed by atoms with Crippen LogP contribution in [0.5, 0.6) is 0 Å². The van der Waals surface area contributed by atoms with Crippen LogP contribution in [-0.2, 0) is 4.74 Å². The minimum absolute atomic E-state index is 0.0228. The highest BCUT2D eigenvalue weighted by molar-refractivity contribution is 6.04. The lowest BCUT2D eigenvalue weighted by Crippen LogP contribution is -2.33. The summed E-state index contributed by atoms with van der Waals surface area (Å²) in [4.78, 5) is 16.0. The predicted molar refractivity (Wildman–Crippen MR) is 72.7 cm³/mol. The predicted octanol–water partition coefficient (Wildman–Crippen LogP) is 2.75. The highest BCUT2D eigenvalue weighted by atomic mass is 19.1. The number of benzene rings is 1. The molecule has 4 nitrogen and oxygen atoms in total. The second kappa shape index (κ2) is 8.24. The molecule has 0 fully saturated rings. The van der Waals surface area contributed by atoms with Crippen LogP contribution in [0.2, 0.25) is 0 Å². The summed E-state index contributed by atoms with van der Waals surface area (Å²) in [5.74, 6) is -1.12. The van der Waals surface area contributed by atoms with Gasteiger partial charge >= 0.3 is 0 Å². The SMILES string of the molecule is CCCCN=C(NC(=O)c1ccccc1F)OCC. The average molecular weight is 266 g/mol. The normalized spacial score (nSPS) is 11.2. The van der Waals surface area contributed by atoms with E-state index in [9.17, 15) is 9.18 Å². The van der Waals surface area contributed by atoms with Gasteiger partial charge in [-0.15, -0.1) is 0 Å². The Bertz CT molecular complexity index is 447. The van der Waals surface area contributed by atoms with Gasteiger partial charge in [-0.05, 0) is 25.5 Å². The van der Waals surface area contributed by atoms with Crippen molar-refractivity contribution in [1.29, 1.82) is 0 Å². The molecule has 0 aliphatic heterocycles. The van der Waals surface area contributed by atoms with Crippen LogP contribution in [0.15, 0.2) is 29.3 Å². The van der Waals surface area contributed by atoms with Crippen molar-refractivity contribution in [1.82, 2.24) is 5.32 Å². The molecule has 1 N–H and O–H groups in total. The van der Waals surface area contributed by atoms with Gasteiger partial charge in [0.15, 0.2) is 0 Å². The fraction of sp³-hybridized carbons (Fsp3) is 0.429. The molecule has 0 atom stereocenters. The van der Waals surface area contributed by atoms with Crippen molar-refractivity contribution in [3.8, 4) is 0 Å². The highest BCUT2D eigenvalue weighted by Gasteiger charge is 2.13. The molecule has 0 saturated carbocycles. The van der Waals surface area contributed by atoms with E-state index in [1.54, 1.807) is 13.0 Å². The van der Waals surface area contributed by atoms with E-state index in [0.29, 0.717) is 13.2 Å². The van der Waals surface area contributed by atoms with Crippen molar-refractivity contribution in [3.05, 3.63) is 35.6 Å². The molecule has 0 aliphatic carbocycles. The van der Waals surface area contributed by atoms with Gasteiger partial charge in [-0.25, -0.2) is 9.38 Å². The maximum absolute atomic E-state index is 13.4. The zero-order valence-corrected chi connectivity index (χ0v) is 11.3. The van der Waals surface area contributed by atoms with E-state index in [4.69, 9.17) is 4.74 Å². The minimum Gasteiger partial charge on any atom is -0.465 e. The summed E-state index contributed by atoms with van der Waals surface area (Å²) >= 11 is 0. The summed E-state index contributed by atoms with van der Waals surface area (Å²) in [6, 6.07) is 5.94. The van der Waals surface area contributed by atoms with E-state index in [1.807, 2.05) is 6.92 Å². The maximum Gasteiger partial charge on any atom is 0.291 e.